The van der Waals surface area contributed by atoms with Crippen molar-refractivity contribution in [3.05, 3.63) is 71.0 Å². The molecule has 2 aromatic rings. The van der Waals surface area contributed by atoms with Gasteiger partial charge >= 0.3 is 0 Å². The molecule has 0 fully saturated rings. The maximum atomic E-state index is 12.8. The van der Waals surface area contributed by atoms with Crippen LogP contribution >= 0.6 is 0 Å². The van der Waals surface area contributed by atoms with Crippen LogP contribution in [-0.2, 0) is 6.42 Å². The fourth-order valence-electron chi connectivity index (χ4n) is 1.87. The van der Waals surface area contributed by atoms with Crippen molar-refractivity contribution in [2.45, 2.75) is 13.3 Å². The number of hydrogen-bond donors (Lipinski definition) is 1. The molecule has 0 unspecified atom stereocenters. The summed E-state index contributed by atoms with van der Waals surface area (Å²) in [4.78, 5) is 11.6. The highest BCUT2D eigenvalue weighted by atomic mass is 19.1. The molecule has 0 aromatic heterocycles. The first-order valence-corrected chi connectivity index (χ1v) is 6.30. The standard InChI is InChI=1S/C16H16FNO/c1-2-18-16(19)14-7-3-12(4-8-14)11-13-5-9-15(17)10-6-13/h3-10H,2,11H2,1H3,(H,18,19). The number of amides is 1. The zero-order valence-electron chi connectivity index (χ0n) is 10.8. The number of carbonyl (C=O) groups excluding carboxylic acids is 1. The van der Waals surface area contributed by atoms with E-state index < -0.39 is 0 Å². The van der Waals surface area contributed by atoms with E-state index in [1.54, 1.807) is 12.1 Å². The van der Waals surface area contributed by atoms with Gasteiger partial charge in [-0.05, 0) is 48.7 Å². The molecule has 1 N–H and O–H groups in total. The van der Waals surface area contributed by atoms with Crippen LogP contribution in [0.5, 0.6) is 0 Å². The fourth-order valence-corrected chi connectivity index (χ4v) is 1.87. The molecule has 98 valence electrons. The second kappa shape index (κ2) is 6.14. The highest BCUT2D eigenvalue weighted by molar-refractivity contribution is 5.94. The van der Waals surface area contributed by atoms with Crippen LogP contribution in [0.4, 0.5) is 4.39 Å². The Balaban J connectivity index is 2.06. The van der Waals surface area contributed by atoms with E-state index in [0.717, 1.165) is 17.5 Å². The van der Waals surface area contributed by atoms with Crippen molar-refractivity contribution in [2.24, 2.45) is 0 Å². The molecule has 0 radical (unpaired) electrons. The van der Waals surface area contributed by atoms with E-state index in [-0.39, 0.29) is 11.7 Å². The summed E-state index contributed by atoms with van der Waals surface area (Å²) in [5.41, 5.74) is 2.80. The smallest absolute Gasteiger partial charge is 0.251 e. The normalized spacial score (nSPS) is 10.2. The van der Waals surface area contributed by atoms with Crippen molar-refractivity contribution in [1.82, 2.24) is 5.32 Å². The number of benzene rings is 2. The Morgan fingerprint density at radius 1 is 1.00 bits per heavy atom. The summed E-state index contributed by atoms with van der Waals surface area (Å²) in [5.74, 6) is -0.286. The Morgan fingerprint density at radius 2 is 1.53 bits per heavy atom. The molecule has 0 spiro atoms. The molecular weight excluding hydrogens is 241 g/mol. The third kappa shape index (κ3) is 3.65. The number of rotatable bonds is 4. The van der Waals surface area contributed by atoms with Crippen LogP contribution in [0.1, 0.15) is 28.4 Å². The van der Waals surface area contributed by atoms with Gasteiger partial charge in [0.05, 0.1) is 0 Å². The minimum atomic E-state index is -0.227. The molecule has 0 saturated carbocycles. The van der Waals surface area contributed by atoms with E-state index in [1.807, 2.05) is 31.2 Å². The monoisotopic (exact) mass is 257 g/mol. The van der Waals surface area contributed by atoms with E-state index in [9.17, 15) is 9.18 Å². The van der Waals surface area contributed by atoms with Gasteiger partial charge in [-0.15, -0.1) is 0 Å². The molecular formula is C16H16FNO. The predicted molar refractivity (Wildman–Crippen MR) is 73.7 cm³/mol. The van der Waals surface area contributed by atoms with E-state index in [4.69, 9.17) is 0 Å². The van der Waals surface area contributed by atoms with Crippen molar-refractivity contribution in [3.63, 3.8) is 0 Å². The minimum absolute atomic E-state index is 0.0594. The summed E-state index contributed by atoms with van der Waals surface area (Å²) < 4.78 is 12.8. The Bertz CT molecular complexity index is 546. The van der Waals surface area contributed by atoms with E-state index in [0.29, 0.717) is 12.1 Å². The van der Waals surface area contributed by atoms with Crippen LogP contribution in [0.15, 0.2) is 48.5 Å². The number of halogens is 1. The van der Waals surface area contributed by atoms with E-state index >= 15 is 0 Å². The molecule has 1 amide bonds. The van der Waals surface area contributed by atoms with Gasteiger partial charge in [0.25, 0.3) is 5.91 Å². The quantitative estimate of drug-likeness (QED) is 0.895. The lowest BCUT2D eigenvalue weighted by molar-refractivity contribution is 0.0956. The zero-order chi connectivity index (χ0) is 13.7. The average molecular weight is 257 g/mol. The van der Waals surface area contributed by atoms with Crippen molar-refractivity contribution in [1.29, 1.82) is 0 Å². The van der Waals surface area contributed by atoms with Crippen LogP contribution in [0.25, 0.3) is 0 Å². The van der Waals surface area contributed by atoms with Crippen LogP contribution in [0, 0.1) is 5.82 Å². The third-order valence-electron chi connectivity index (χ3n) is 2.87. The first-order valence-electron chi connectivity index (χ1n) is 6.30. The molecule has 2 nitrogen and oxygen atoms in total. The lowest BCUT2D eigenvalue weighted by atomic mass is 10.0. The predicted octanol–water partition coefficient (Wildman–Crippen LogP) is 3.17. The maximum absolute atomic E-state index is 12.8. The van der Waals surface area contributed by atoms with Gasteiger partial charge in [0, 0.05) is 12.1 Å². The van der Waals surface area contributed by atoms with Gasteiger partial charge in [0.15, 0.2) is 0 Å². The summed E-state index contributed by atoms with van der Waals surface area (Å²) in [6.07, 6.45) is 0.732. The number of nitrogens with one attached hydrogen (secondary N) is 1. The molecule has 0 bridgehead atoms. The molecule has 2 rings (SSSR count). The SMILES string of the molecule is CCNC(=O)c1ccc(Cc2ccc(F)cc2)cc1. The molecule has 3 heteroatoms. The number of hydrogen-bond acceptors (Lipinski definition) is 1. The molecule has 0 aliphatic rings. The van der Waals surface area contributed by atoms with E-state index in [2.05, 4.69) is 5.32 Å². The van der Waals surface area contributed by atoms with Crippen molar-refractivity contribution in [3.8, 4) is 0 Å². The van der Waals surface area contributed by atoms with Gasteiger partial charge in [-0.25, -0.2) is 4.39 Å². The first-order chi connectivity index (χ1) is 9.19. The summed E-state index contributed by atoms with van der Waals surface area (Å²) in [5, 5.41) is 2.76. The average Bonchev–Trinajstić information content (AvgIpc) is 2.42. The lowest BCUT2D eigenvalue weighted by Gasteiger charge is -2.05. The Labute approximate surface area is 112 Å². The second-order valence-electron chi connectivity index (χ2n) is 4.36. The molecule has 0 heterocycles. The summed E-state index contributed by atoms with van der Waals surface area (Å²) >= 11 is 0. The molecule has 0 aliphatic heterocycles. The van der Waals surface area contributed by atoms with Crippen molar-refractivity contribution < 1.29 is 9.18 Å². The van der Waals surface area contributed by atoms with E-state index in [1.165, 1.54) is 12.1 Å². The van der Waals surface area contributed by atoms with Crippen LogP contribution in [0.2, 0.25) is 0 Å². The minimum Gasteiger partial charge on any atom is -0.352 e. The highest BCUT2D eigenvalue weighted by Gasteiger charge is 2.03. The lowest BCUT2D eigenvalue weighted by Crippen LogP contribution is -2.22. The number of carbonyl (C=O) groups is 1. The van der Waals surface area contributed by atoms with Crippen LogP contribution in [0.3, 0.4) is 0 Å². The molecule has 0 atom stereocenters. The highest BCUT2D eigenvalue weighted by Crippen LogP contribution is 2.11. The van der Waals surface area contributed by atoms with Gasteiger partial charge in [0.2, 0.25) is 0 Å². The van der Waals surface area contributed by atoms with Crippen molar-refractivity contribution >= 4 is 5.91 Å². The topological polar surface area (TPSA) is 29.1 Å². The zero-order valence-corrected chi connectivity index (χ0v) is 10.8. The Kier molecular flexibility index (Phi) is 4.29. The van der Waals surface area contributed by atoms with Gasteiger partial charge < -0.3 is 5.32 Å². The Morgan fingerprint density at radius 3 is 2.05 bits per heavy atom. The maximum Gasteiger partial charge on any atom is 0.251 e. The Hall–Kier alpha value is -2.16. The third-order valence-corrected chi connectivity index (χ3v) is 2.87. The van der Waals surface area contributed by atoms with Gasteiger partial charge in [-0.1, -0.05) is 24.3 Å². The van der Waals surface area contributed by atoms with Crippen LogP contribution < -0.4 is 5.32 Å². The summed E-state index contributed by atoms with van der Waals surface area (Å²) in [6, 6.07) is 13.9. The van der Waals surface area contributed by atoms with Crippen LogP contribution in [-0.4, -0.2) is 12.5 Å². The fraction of sp³-hybridized carbons (Fsp3) is 0.188. The summed E-state index contributed by atoms with van der Waals surface area (Å²) in [6.45, 7) is 2.51. The van der Waals surface area contributed by atoms with Gasteiger partial charge in [-0.2, -0.15) is 0 Å². The van der Waals surface area contributed by atoms with Gasteiger partial charge in [0.1, 0.15) is 5.82 Å². The molecule has 2 aromatic carbocycles. The van der Waals surface area contributed by atoms with Gasteiger partial charge in [-0.3, -0.25) is 4.79 Å². The van der Waals surface area contributed by atoms with Crippen molar-refractivity contribution in [2.75, 3.05) is 6.54 Å². The molecule has 0 saturated heterocycles. The first kappa shape index (κ1) is 13.3. The summed E-state index contributed by atoms with van der Waals surface area (Å²) in [7, 11) is 0. The second-order valence-corrected chi connectivity index (χ2v) is 4.36. The molecule has 0 aliphatic carbocycles. The largest absolute Gasteiger partial charge is 0.352 e. The molecule has 19 heavy (non-hydrogen) atoms.